The van der Waals surface area contributed by atoms with E-state index in [0.717, 1.165) is 11.1 Å². The summed E-state index contributed by atoms with van der Waals surface area (Å²) < 4.78 is 0. The van der Waals surface area contributed by atoms with Gasteiger partial charge in [-0.2, -0.15) is 0 Å². The first-order chi connectivity index (χ1) is 8.16. The van der Waals surface area contributed by atoms with Crippen molar-refractivity contribution in [2.75, 3.05) is 0 Å². The summed E-state index contributed by atoms with van der Waals surface area (Å²) in [4.78, 5) is 12.3. The minimum atomic E-state index is 0.00579. The van der Waals surface area contributed by atoms with Crippen LogP contribution < -0.4 is 0 Å². The average molecular weight is 263 g/mol. The van der Waals surface area contributed by atoms with Crippen LogP contribution in [0.4, 0.5) is 0 Å². The lowest BCUT2D eigenvalue weighted by Gasteiger charge is -2.19. The molecular weight excluding hydrogens is 255 g/mol. The van der Waals surface area contributed by atoms with Gasteiger partial charge in [-0.1, -0.05) is 41.4 Å². The maximum Gasteiger partial charge on any atom is 0.193 e. The normalized spacial score (nSPS) is 13.2. The number of halogens is 2. The van der Waals surface area contributed by atoms with Gasteiger partial charge in [-0.05, 0) is 29.3 Å². The molecule has 0 N–H and O–H groups in total. The van der Waals surface area contributed by atoms with Crippen molar-refractivity contribution in [3.8, 4) is 0 Å². The molecule has 3 rings (SSSR count). The average Bonchev–Trinajstić information content (AvgIpc) is 2.32. The smallest absolute Gasteiger partial charge is 0.193 e. The van der Waals surface area contributed by atoms with Gasteiger partial charge in [-0.25, -0.2) is 0 Å². The highest BCUT2D eigenvalue weighted by Crippen LogP contribution is 2.32. The largest absolute Gasteiger partial charge is 0.289 e. The van der Waals surface area contributed by atoms with Crippen LogP contribution in [0, 0.1) is 0 Å². The van der Waals surface area contributed by atoms with E-state index >= 15 is 0 Å². The molecular formula is C14H8Cl2O. The summed E-state index contributed by atoms with van der Waals surface area (Å²) in [5, 5.41) is 1.24. The second-order valence-corrected chi connectivity index (χ2v) is 4.92. The molecule has 84 valence electrons. The zero-order valence-corrected chi connectivity index (χ0v) is 10.3. The first-order valence-corrected chi connectivity index (χ1v) is 6.03. The van der Waals surface area contributed by atoms with E-state index in [1.165, 1.54) is 0 Å². The van der Waals surface area contributed by atoms with Crippen molar-refractivity contribution in [3.63, 3.8) is 0 Å². The Balaban J connectivity index is 2.25. The Morgan fingerprint density at radius 3 is 2.65 bits per heavy atom. The molecule has 2 aromatic carbocycles. The maximum atomic E-state index is 12.3. The van der Waals surface area contributed by atoms with Gasteiger partial charge >= 0.3 is 0 Å². The van der Waals surface area contributed by atoms with Crippen LogP contribution in [-0.4, -0.2) is 5.78 Å². The molecule has 1 aliphatic rings. The van der Waals surface area contributed by atoms with Crippen LogP contribution in [0.25, 0.3) is 0 Å². The van der Waals surface area contributed by atoms with Gasteiger partial charge < -0.3 is 0 Å². The Labute approximate surface area is 109 Å². The summed E-state index contributed by atoms with van der Waals surface area (Å²) in [6.45, 7) is 0. The molecule has 17 heavy (non-hydrogen) atoms. The lowest BCUT2D eigenvalue weighted by atomic mass is 9.85. The quantitative estimate of drug-likeness (QED) is 0.596. The van der Waals surface area contributed by atoms with Crippen LogP contribution in [0.15, 0.2) is 36.4 Å². The third-order valence-electron chi connectivity index (χ3n) is 3.05. The molecule has 0 spiro atoms. The van der Waals surface area contributed by atoms with Crippen molar-refractivity contribution in [3.05, 3.63) is 68.7 Å². The van der Waals surface area contributed by atoms with Gasteiger partial charge in [0, 0.05) is 27.6 Å². The fourth-order valence-corrected chi connectivity index (χ4v) is 2.61. The van der Waals surface area contributed by atoms with Crippen molar-refractivity contribution < 1.29 is 4.79 Å². The molecule has 0 aromatic heterocycles. The summed E-state index contributed by atoms with van der Waals surface area (Å²) in [6, 6.07) is 10.8. The molecule has 0 heterocycles. The maximum absolute atomic E-state index is 12.3. The molecule has 0 saturated carbocycles. The number of fused-ring (bicyclic) bond motifs is 2. The number of hydrogen-bond acceptors (Lipinski definition) is 1. The number of rotatable bonds is 0. The Bertz CT molecular complexity index is 628. The fraction of sp³-hybridized carbons (Fsp3) is 0.0714. The lowest BCUT2D eigenvalue weighted by Crippen LogP contribution is -2.15. The van der Waals surface area contributed by atoms with Crippen LogP contribution >= 0.6 is 23.2 Å². The third-order valence-corrected chi connectivity index (χ3v) is 3.64. The Morgan fingerprint density at radius 1 is 1.00 bits per heavy atom. The standard InChI is InChI=1S/C14H8Cl2O/c15-9-5-4-8-6-12-10(2-1-3-13(12)16)14(17)11(8)7-9/h1-5,7H,6H2. The SMILES string of the molecule is O=C1c2cc(Cl)ccc2Cc2c(Cl)cccc21. The van der Waals surface area contributed by atoms with Gasteiger partial charge in [0.2, 0.25) is 0 Å². The predicted molar refractivity (Wildman–Crippen MR) is 69.1 cm³/mol. The number of hydrogen-bond donors (Lipinski definition) is 0. The Hall–Kier alpha value is -1.31. The first kappa shape index (κ1) is 10.8. The van der Waals surface area contributed by atoms with E-state index in [9.17, 15) is 4.79 Å². The fourth-order valence-electron chi connectivity index (χ4n) is 2.20. The van der Waals surface area contributed by atoms with E-state index in [1.54, 1.807) is 18.2 Å². The van der Waals surface area contributed by atoms with E-state index in [-0.39, 0.29) is 5.78 Å². The van der Waals surface area contributed by atoms with Crippen molar-refractivity contribution in [2.24, 2.45) is 0 Å². The van der Waals surface area contributed by atoms with Gasteiger partial charge in [0.1, 0.15) is 0 Å². The Kier molecular flexibility index (Phi) is 2.46. The van der Waals surface area contributed by atoms with E-state index in [1.807, 2.05) is 18.2 Å². The molecule has 0 fully saturated rings. The van der Waals surface area contributed by atoms with Crippen molar-refractivity contribution in [2.45, 2.75) is 6.42 Å². The minimum absolute atomic E-state index is 0.00579. The van der Waals surface area contributed by atoms with Gasteiger partial charge in [0.25, 0.3) is 0 Å². The predicted octanol–water partition coefficient (Wildman–Crippen LogP) is 4.13. The lowest BCUT2D eigenvalue weighted by molar-refractivity contribution is 0.103. The van der Waals surface area contributed by atoms with E-state index in [4.69, 9.17) is 23.2 Å². The third kappa shape index (κ3) is 1.67. The highest BCUT2D eigenvalue weighted by Gasteiger charge is 2.24. The van der Waals surface area contributed by atoms with Gasteiger partial charge in [0.05, 0.1) is 0 Å². The highest BCUT2D eigenvalue weighted by atomic mass is 35.5. The first-order valence-electron chi connectivity index (χ1n) is 5.27. The molecule has 0 aliphatic heterocycles. The van der Waals surface area contributed by atoms with Crippen molar-refractivity contribution in [1.29, 1.82) is 0 Å². The zero-order valence-electron chi connectivity index (χ0n) is 8.84. The summed E-state index contributed by atoms with van der Waals surface area (Å²) in [6.07, 6.45) is 0.688. The van der Waals surface area contributed by atoms with Crippen LogP contribution in [0.1, 0.15) is 27.0 Å². The van der Waals surface area contributed by atoms with Crippen molar-refractivity contribution >= 4 is 29.0 Å². The Morgan fingerprint density at radius 2 is 1.82 bits per heavy atom. The van der Waals surface area contributed by atoms with Crippen LogP contribution in [0.2, 0.25) is 10.0 Å². The number of carbonyl (C=O) groups excluding carboxylic acids is 1. The number of benzene rings is 2. The van der Waals surface area contributed by atoms with Gasteiger partial charge in [0.15, 0.2) is 5.78 Å². The molecule has 1 aliphatic carbocycles. The molecule has 0 unspecified atom stereocenters. The topological polar surface area (TPSA) is 17.1 Å². The number of ketones is 1. The summed E-state index contributed by atoms with van der Waals surface area (Å²) in [5.74, 6) is 0.00579. The molecule has 0 saturated heterocycles. The molecule has 0 radical (unpaired) electrons. The molecule has 3 heteroatoms. The monoisotopic (exact) mass is 262 g/mol. The zero-order chi connectivity index (χ0) is 12.0. The summed E-state index contributed by atoms with van der Waals surface area (Å²) >= 11 is 12.0. The van der Waals surface area contributed by atoms with Gasteiger partial charge in [-0.15, -0.1) is 0 Å². The van der Waals surface area contributed by atoms with E-state index in [2.05, 4.69) is 0 Å². The second kappa shape index (κ2) is 3.86. The van der Waals surface area contributed by atoms with Crippen LogP contribution in [0.3, 0.4) is 0 Å². The highest BCUT2D eigenvalue weighted by molar-refractivity contribution is 6.33. The van der Waals surface area contributed by atoms with Gasteiger partial charge in [-0.3, -0.25) is 4.79 Å². The van der Waals surface area contributed by atoms with Crippen LogP contribution in [-0.2, 0) is 6.42 Å². The molecule has 0 amide bonds. The van der Waals surface area contributed by atoms with E-state index in [0.29, 0.717) is 27.6 Å². The molecule has 0 bridgehead atoms. The summed E-state index contributed by atoms with van der Waals surface area (Å²) in [5.41, 5.74) is 3.27. The molecule has 2 aromatic rings. The van der Waals surface area contributed by atoms with Crippen LogP contribution in [0.5, 0.6) is 0 Å². The van der Waals surface area contributed by atoms with Crippen molar-refractivity contribution in [1.82, 2.24) is 0 Å². The number of carbonyl (C=O) groups is 1. The van der Waals surface area contributed by atoms with E-state index < -0.39 is 0 Å². The molecule has 1 nitrogen and oxygen atoms in total. The second-order valence-electron chi connectivity index (χ2n) is 4.07. The molecule has 0 atom stereocenters. The summed E-state index contributed by atoms with van der Waals surface area (Å²) in [7, 11) is 0. The minimum Gasteiger partial charge on any atom is -0.289 e.